The van der Waals surface area contributed by atoms with Gasteiger partial charge in [0.1, 0.15) is 0 Å². The van der Waals surface area contributed by atoms with Gasteiger partial charge in [-0.05, 0) is 64.1 Å². The molecule has 0 aliphatic heterocycles. The SMILES string of the molecule is CCC(=C(c1ccc(C=CC(=O)O)c(Cl)c1)c1ccc2[nH]ncc2c1)c1ccccc1. The van der Waals surface area contributed by atoms with E-state index < -0.39 is 5.97 Å². The van der Waals surface area contributed by atoms with E-state index in [1.165, 1.54) is 11.6 Å². The maximum absolute atomic E-state index is 10.9. The molecule has 0 amide bonds. The van der Waals surface area contributed by atoms with Crippen LogP contribution in [0.15, 0.2) is 79.0 Å². The van der Waals surface area contributed by atoms with Gasteiger partial charge in [-0.1, -0.05) is 67.1 Å². The summed E-state index contributed by atoms with van der Waals surface area (Å²) in [6.07, 6.45) is 5.25. The Kier molecular flexibility index (Phi) is 6.01. The van der Waals surface area contributed by atoms with Crippen molar-refractivity contribution in [3.05, 3.63) is 106 Å². The van der Waals surface area contributed by atoms with Crippen molar-refractivity contribution >= 4 is 45.7 Å². The van der Waals surface area contributed by atoms with Crippen molar-refractivity contribution in [2.24, 2.45) is 0 Å². The fraction of sp³-hybridized carbons (Fsp3) is 0.0769. The van der Waals surface area contributed by atoms with E-state index in [1.54, 1.807) is 0 Å². The molecule has 0 spiro atoms. The zero-order valence-corrected chi connectivity index (χ0v) is 17.7. The maximum Gasteiger partial charge on any atom is 0.328 e. The van der Waals surface area contributed by atoms with Gasteiger partial charge in [0.05, 0.1) is 11.7 Å². The number of aliphatic carboxylic acids is 1. The predicted octanol–water partition coefficient (Wildman–Crippen LogP) is 6.68. The Morgan fingerprint density at radius 3 is 2.48 bits per heavy atom. The number of nitrogens with zero attached hydrogens (tertiary/aromatic N) is 1. The van der Waals surface area contributed by atoms with Gasteiger partial charge in [-0.25, -0.2) is 4.79 Å². The van der Waals surface area contributed by atoms with E-state index in [2.05, 4.69) is 41.4 Å². The van der Waals surface area contributed by atoms with Crippen molar-refractivity contribution in [2.75, 3.05) is 0 Å². The Bertz CT molecular complexity index is 1300. The summed E-state index contributed by atoms with van der Waals surface area (Å²) in [6.45, 7) is 2.14. The van der Waals surface area contributed by atoms with Crippen LogP contribution in [0.2, 0.25) is 5.02 Å². The number of nitrogens with one attached hydrogen (secondary N) is 1. The second-order valence-corrected chi connectivity index (χ2v) is 7.56. The van der Waals surface area contributed by atoms with E-state index in [1.807, 2.05) is 48.7 Å². The molecule has 4 rings (SSSR count). The molecule has 31 heavy (non-hydrogen) atoms. The van der Waals surface area contributed by atoms with E-state index in [4.69, 9.17) is 16.7 Å². The van der Waals surface area contributed by atoms with Crippen LogP contribution in [0, 0.1) is 0 Å². The highest BCUT2D eigenvalue weighted by Crippen LogP contribution is 2.37. The number of carboxylic acid groups (broad SMARTS) is 1. The van der Waals surface area contributed by atoms with Gasteiger partial charge in [-0.2, -0.15) is 5.10 Å². The number of aromatic nitrogens is 2. The zero-order chi connectivity index (χ0) is 21.8. The van der Waals surface area contributed by atoms with Crippen molar-refractivity contribution in [1.82, 2.24) is 10.2 Å². The average molecular weight is 429 g/mol. The third-order valence-corrected chi connectivity index (χ3v) is 5.53. The average Bonchev–Trinajstić information content (AvgIpc) is 3.25. The predicted molar refractivity (Wildman–Crippen MR) is 127 cm³/mol. The first-order chi connectivity index (χ1) is 15.1. The normalized spacial score (nSPS) is 12.3. The molecule has 3 aromatic carbocycles. The number of carbonyl (C=O) groups is 1. The summed E-state index contributed by atoms with van der Waals surface area (Å²) in [5.74, 6) is -1.01. The van der Waals surface area contributed by atoms with Crippen LogP contribution in [-0.4, -0.2) is 21.3 Å². The van der Waals surface area contributed by atoms with Crippen LogP contribution >= 0.6 is 11.6 Å². The van der Waals surface area contributed by atoms with Gasteiger partial charge in [0.15, 0.2) is 0 Å². The largest absolute Gasteiger partial charge is 0.478 e. The number of aromatic amines is 1. The van der Waals surface area contributed by atoms with Crippen LogP contribution < -0.4 is 0 Å². The van der Waals surface area contributed by atoms with Crippen LogP contribution in [0.3, 0.4) is 0 Å². The van der Waals surface area contributed by atoms with Gasteiger partial charge in [-0.3, -0.25) is 5.10 Å². The smallest absolute Gasteiger partial charge is 0.328 e. The number of rotatable bonds is 6. The van der Waals surface area contributed by atoms with Crippen molar-refractivity contribution in [3.8, 4) is 0 Å². The molecular weight excluding hydrogens is 408 g/mol. The van der Waals surface area contributed by atoms with Crippen LogP contribution in [0.4, 0.5) is 0 Å². The second-order valence-electron chi connectivity index (χ2n) is 7.15. The van der Waals surface area contributed by atoms with Gasteiger partial charge in [0, 0.05) is 16.5 Å². The molecule has 0 aliphatic carbocycles. The van der Waals surface area contributed by atoms with E-state index in [9.17, 15) is 4.79 Å². The molecule has 0 unspecified atom stereocenters. The van der Waals surface area contributed by atoms with Gasteiger partial charge in [0.25, 0.3) is 0 Å². The summed E-state index contributed by atoms with van der Waals surface area (Å²) in [5, 5.41) is 17.6. The minimum Gasteiger partial charge on any atom is -0.478 e. The van der Waals surface area contributed by atoms with Gasteiger partial charge in [-0.15, -0.1) is 0 Å². The number of allylic oxidation sites excluding steroid dienone is 1. The minimum atomic E-state index is -1.01. The van der Waals surface area contributed by atoms with Crippen LogP contribution in [-0.2, 0) is 4.79 Å². The number of hydrogen-bond donors (Lipinski definition) is 2. The summed E-state index contributed by atoms with van der Waals surface area (Å²) < 4.78 is 0. The molecule has 4 nitrogen and oxygen atoms in total. The lowest BCUT2D eigenvalue weighted by Crippen LogP contribution is -1.96. The number of hydrogen-bond acceptors (Lipinski definition) is 2. The molecule has 0 saturated heterocycles. The summed E-state index contributed by atoms with van der Waals surface area (Å²) >= 11 is 6.53. The Morgan fingerprint density at radius 2 is 1.77 bits per heavy atom. The third-order valence-electron chi connectivity index (χ3n) is 5.20. The summed E-state index contributed by atoms with van der Waals surface area (Å²) in [6, 6.07) is 22.3. The van der Waals surface area contributed by atoms with E-state index in [0.717, 1.165) is 45.7 Å². The molecule has 0 radical (unpaired) electrons. The fourth-order valence-electron chi connectivity index (χ4n) is 3.76. The number of carboxylic acids is 1. The second kappa shape index (κ2) is 9.02. The Hall–Kier alpha value is -3.63. The maximum atomic E-state index is 10.9. The number of benzene rings is 3. The molecular formula is C26H21ClN2O2. The summed E-state index contributed by atoms with van der Waals surface area (Å²) in [7, 11) is 0. The Balaban J connectivity index is 1.93. The standard InChI is InChI=1S/C26H21ClN2O2/c1-2-22(17-6-4-3-5-7-17)26(19-10-12-24-21(14-19)16-28-29-24)20-9-8-18(23(27)15-20)11-13-25(30)31/h3-16H,2H2,1H3,(H,28,29)(H,30,31). The first-order valence-electron chi connectivity index (χ1n) is 10.00. The van der Waals surface area contributed by atoms with Crippen molar-refractivity contribution < 1.29 is 9.90 Å². The quantitative estimate of drug-likeness (QED) is 0.266. The molecule has 0 bridgehead atoms. The molecule has 2 N–H and O–H groups in total. The van der Waals surface area contributed by atoms with E-state index in [0.29, 0.717) is 10.6 Å². The topological polar surface area (TPSA) is 66.0 Å². The third kappa shape index (κ3) is 4.44. The zero-order valence-electron chi connectivity index (χ0n) is 17.0. The van der Waals surface area contributed by atoms with E-state index in [-0.39, 0.29) is 0 Å². The van der Waals surface area contributed by atoms with E-state index >= 15 is 0 Å². The van der Waals surface area contributed by atoms with Crippen molar-refractivity contribution in [1.29, 1.82) is 0 Å². The molecule has 0 atom stereocenters. The Labute approximate surface area is 185 Å². The van der Waals surface area contributed by atoms with Gasteiger partial charge >= 0.3 is 5.97 Å². The summed E-state index contributed by atoms with van der Waals surface area (Å²) in [5.41, 5.74) is 7.13. The molecule has 1 aromatic heterocycles. The van der Waals surface area contributed by atoms with Crippen LogP contribution in [0.1, 0.15) is 35.6 Å². The first kappa shape index (κ1) is 20.6. The highest BCUT2D eigenvalue weighted by Gasteiger charge is 2.15. The monoisotopic (exact) mass is 428 g/mol. The first-order valence-corrected chi connectivity index (χ1v) is 10.4. The van der Waals surface area contributed by atoms with Gasteiger partial charge < -0.3 is 5.11 Å². The molecule has 154 valence electrons. The fourth-order valence-corrected chi connectivity index (χ4v) is 4.00. The molecule has 1 heterocycles. The number of fused-ring (bicyclic) bond motifs is 1. The molecule has 0 aliphatic rings. The van der Waals surface area contributed by atoms with Crippen LogP contribution in [0.25, 0.3) is 28.1 Å². The Morgan fingerprint density at radius 1 is 1.03 bits per heavy atom. The number of H-pyrrole nitrogens is 1. The van der Waals surface area contributed by atoms with Crippen molar-refractivity contribution in [2.45, 2.75) is 13.3 Å². The van der Waals surface area contributed by atoms with Crippen LogP contribution in [0.5, 0.6) is 0 Å². The molecule has 5 heteroatoms. The number of halogens is 1. The minimum absolute atomic E-state index is 0.500. The molecule has 0 fully saturated rings. The highest BCUT2D eigenvalue weighted by molar-refractivity contribution is 6.32. The molecule has 0 saturated carbocycles. The summed E-state index contributed by atoms with van der Waals surface area (Å²) in [4.78, 5) is 10.9. The highest BCUT2D eigenvalue weighted by atomic mass is 35.5. The molecule has 4 aromatic rings. The van der Waals surface area contributed by atoms with Crippen molar-refractivity contribution in [3.63, 3.8) is 0 Å². The lowest BCUT2D eigenvalue weighted by atomic mass is 9.87. The van der Waals surface area contributed by atoms with Gasteiger partial charge in [0.2, 0.25) is 0 Å². The lowest BCUT2D eigenvalue weighted by molar-refractivity contribution is -0.131. The lowest BCUT2D eigenvalue weighted by Gasteiger charge is -2.17.